The second-order valence-corrected chi connectivity index (χ2v) is 7.60. The summed E-state index contributed by atoms with van der Waals surface area (Å²) in [7, 11) is 0. The number of nitrogens with two attached hydrogens (primary N) is 1. The van der Waals surface area contributed by atoms with Crippen molar-refractivity contribution in [3.8, 4) is 0 Å². The molecular weight excluding hydrogens is 310 g/mol. The molecule has 0 bridgehead atoms. The van der Waals surface area contributed by atoms with E-state index in [9.17, 15) is 14.4 Å². The van der Waals surface area contributed by atoms with Crippen LogP contribution in [0.25, 0.3) is 0 Å². The highest BCUT2D eigenvalue weighted by Crippen LogP contribution is 2.12. The second-order valence-electron chi connectivity index (χ2n) is 7.60. The number of hydrogen-bond acceptors (Lipinski definition) is 4. The lowest BCUT2D eigenvalue weighted by molar-refractivity contribution is -0.129. The first-order valence-electron chi connectivity index (χ1n) is 8.46. The Hall–Kier alpha value is -1.79. The summed E-state index contributed by atoms with van der Waals surface area (Å²) in [6.45, 7) is 12.9. The molecular formula is C17H33N3O4. The van der Waals surface area contributed by atoms with Gasteiger partial charge in [-0.1, -0.05) is 34.1 Å². The van der Waals surface area contributed by atoms with Gasteiger partial charge in [0.1, 0.15) is 17.7 Å². The Balaban J connectivity index is 5.05. The SMILES string of the molecule is CC[C@H](C)[C@@H](NC(=O)[C@H](CC(C)C)NC(=O)OC(C)(C)C)C(N)=O. The van der Waals surface area contributed by atoms with Crippen LogP contribution in [0.3, 0.4) is 0 Å². The number of rotatable bonds is 8. The normalized spacial score (nSPS) is 15.3. The molecule has 140 valence electrons. The van der Waals surface area contributed by atoms with Gasteiger partial charge < -0.3 is 21.1 Å². The molecule has 0 spiro atoms. The molecule has 0 rings (SSSR count). The smallest absolute Gasteiger partial charge is 0.408 e. The number of primary amides is 1. The molecule has 7 heteroatoms. The van der Waals surface area contributed by atoms with E-state index in [1.807, 2.05) is 27.7 Å². The monoisotopic (exact) mass is 343 g/mol. The van der Waals surface area contributed by atoms with E-state index in [1.165, 1.54) is 0 Å². The van der Waals surface area contributed by atoms with E-state index >= 15 is 0 Å². The van der Waals surface area contributed by atoms with Crippen molar-refractivity contribution in [1.82, 2.24) is 10.6 Å². The molecule has 0 aliphatic rings. The Kier molecular flexibility index (Phi) is 8.78. The van der Waals surface area contributed by atoms with Crippen LogP contribution >= 0.6 is 0 Å². The molecule has 0 saturated heterocycles. The summed E-state index contributed by atoms with van der Waals surface area (Å²) in [5.74, 6) is -0.934. The zero-order valence-electron chi connectivity index (χ0n) is 15.9. The van der Waals surface area contributed by atoms with E-state index in [0.29, 0.717) is 12.8 Å². The van der Waals surface area contributed by atoms with Gasteiger partial charge in [-0.3, -0.25) is 9.59 Å². The number of carbonyl (C=O) groups excluding carboxylic acids is 3. The van der Waals surface area contributed by atoms with E-state index in [0.717, 1.165) is 0 Å². The lowest BCUT2D eigenvalue weighted by Gasteiger charge is -2.27. The maximum Gasteiger partial charge on any atom is 0.408 e. The summed E-state index contributed by atoms with van der Waals surface area (Å²) in [5, 5.41) is 5.24. The van der Waals surface area contributed by atoms with Crippen molar-refractivity contribution in [2.75, 3.05) is 0 Å². The van der Waals surface area contributed by atoms with E-state index in [4.69, 9.17) is 10.5 Å². The number of hydrogen-bond donors (Lipinski definition) is 3. The summed E-state index contributed by atoms with van der Waals surface area (Å²) >= 11 is 0. The van der Waals surface area contributed by atoms with Crippen LogP contribution in [0.15, 0.2) is 0 Å². The molecule has 4 N–H and O–H groups in total. The van der Waals surface area contributed by atoms with Gasteiger partial charge in [0.25, 0.3) is 0 Å². The lowest BCUT2D eigenvalue weighted by Crippen LogP contribution is -2.55. The zero-order valence-corrected chi connectivity index (χ0v) is 15.9. The molecule has 0 unspecified atom stereocenters. The molecule has 0 radical (unpaired) electrons. The van der Waals surface area contributed by atoms with E-state index in [1.54, 1.807) is 20.8 Å². The van der Waals surface area contributed by atoms with Crippen LogP contribution in [0.5, 0.6) is 0 Å². The number of carbonyl (C=O) groups is 3. The van der Waals surface area contributed by atoms with Gasteiger partial charge in [-0.2, -0.15) is 0 Å². The van der Waals surface area contributed by atoms with E-state index < -0.39 is 35.6 Å². The highest BCUT2D eigenvalue weighted by Gasteiger charge is 2.30. The fourth-order valence-corrected chi connectivity index (χ4v) is 2.14. The van der Waals surface area contributed by atoms with Crippen molar-refractivity contribution in [2.45, 2.75) is 79.0 Å². The van der Waals surface area contributed by atoms with Crippen molar-refractivity contribution < 1.29 is 19.1 Å². The van der Waals surface area contributed by atoms with Crippen molar-refractivity contribution >= 4 is 17.9 Å². The van der Waals surface area contributed by atoms with Gasteiger partial charge in [0.2, 0.25) is 11.8 Å². The standard InChI is InChI=1S/C17H33N3O4/c1-8-11(4)13(14(18)21)20-15(22)12(9-10(2)3)19-16(23)24-17(5,6)7/h10-13H,8-9H2,1-7H3,(H2,18,21)(H,19,23)(H,20,22)/t11-,12-,13+/m0/s1. The van der Waals surface area contributed by atoms with Crippen LogP contribution in [-0.2, 0) is 14.3 Å². The molecule has 24 heavy (non-hydrogen) atoms. The number of ether oxygens (including phenoxy) is 1. The van der Waals surface area contributed by atoms with Gasteiger partial charge in [-0.15, -0.1) is 0 Å². The minimum atomic E-state index is -0.786. The molecule has 0 aromatic rings. The van der Waals surface area contributed by atoms with Crippen LogP contribution in [0.4, 0.5) is 4.79 Å². The molecule has 3 atom stereocenters. The fraction of sp³-hybridized carbons (Fsp3) is 0.824. The molecule has 3 amide bonds. The Morgan fingerprint density at radius 1 is 1.08 bits per heavy atom. The van der Waals surface area contributed by atoms with Crippen molar-refractivity contribution in [3.63, 3.8) is 0 Å². The Morgan fingerprint density at radius 2 is 1.62 bits per heavy atom. The fourth-order valence-electron chi connectivity index (χ4n) is 2.14. The van der Waals surface area contributed by atoms with E-state index in [-0.39, 0.29) is 11.8 Å². The largest absolute Gasteiger partial charge is 0.444 e. The lowest BCUT2D eigenvalue weighted by atomic mass is 9.97. The minimum Gasteiger partial charge on any atom is -0.444 e. The molecule has 0 aliphatic heterocycles. The first kappa shape index (κ1) is 22.2. The summed E-state index contributed by atoms with van der Waals surface area (Å²) in [6, 6.07) is -1.55. The Bertz CT molecular complexity index is 444. The minimum absolute atomic E-state index is 0.0901. The van der Waals surface area contributed by atoms with Crippen molar-refractivity contribution in [2.24, 2.45) is 17.6 Å². The summed E-state index contributed by atoms with van der Waals surface area (Å²) in [4.78, 5) is 36.1. The van der Waals surface area contributed by atoms with Gasteiger partial charge in [-0.25, -0.2) is 4.79 Å². The zero-order chi connectivity index (χ0) is 19.1. The summed E-state index contributed by atoms with van der Waals surface area (Å²) in [5.41, 5.74) is 4.72. The van der Waals surface area contributed by atoms with Gasteiger partial charge >= 0.3 is 6.09 Å². The number of alkyl carbamates (subject to hydrolysis) is 1. The third-order valence-electron chi connectivity index (χ3n) is 3.53. The van der Waals surface area contributed by atoms with Crippen LogP contribution in [0, 0.1) is 11.8 Å². The van der Waals surface area contributed by atoms with Gasteiger partial charge in [0, 0.05) is 0 Å². The highest BCUT2D eigenvalue weighted by atomic mass is 16.6. The van der Waals surface area contributed by atoms with Crippen LogP contribution < -0.4 is 16.4 Å². The maximum absolute atomic E-state index is 12.5. The third kappa shape index (κ3) is 8.74. The third-order valence-corrected chi connectivity index (χ3v) is 3.53. The molecule has 0 aromatic heterocycles. The topological polar surface area (TPSA) is 111 Å². The Morgan fingerprint density at radius 3 is 2.00 bits per heavy atom. The average molecular weight is 343 g/mol. The van der Waals surface area contributed by atoms with Gasteiger partial charge in [0.15, 0.2) is 0 Å². The predicted octanol–water partition coefficient (Wildman–Crippen LogP) is 1.94. The van der Waals surface area contributed by atoms with Crippen LogP contribution in [-0.4, -0.2) is 35.6 Å². The molecule has 0 aromatic carbocycles. The van der Waals surface area contributed by atoms with E-state index in [2.05, 4.69) is 10.6 Å². The number of nitrogens with one attached hydrogen (secondary N) is 2. The van der Waals surface area contributed by atoms with Crippen LogP contribution in [0.2, 0.25) is 0 Å². The Labute approximate surface area is 145 Å². The molecule has 0 aliphatic carbocycles. The quantitative estimate of drug-likeness (QED) is 0.625. The molecule has 0 fully saturated rings. The number of amides is 3. The maximum atomic E-state index is 12.5. The first-order valence-corrected chi connectivity index (χ1v) is 8.46. The molecule has 0 heterocycles. The average Bonchev–Trinajstić information content (AvgIpc) is 2.39. The molecule has 0 saturated carbocycles. The molecule has 7 nitrogen and oxygen atoms in total. The van der Waals surface area contributed by atoms with Gasteiger partial charge in [0.05, 0.1) is 0 Å². The summed E-state index contributed by atoms with van der Waals surface area (Å²) in [6.07, 6.45) is 0.460. The second kappa shape index (κ2) is 9.49. The first-order chi connectivity index (χ1) is 10.9. The highest BCUT2D eigenvalue weighted by molar-refractivity contribution is 5.90. The van der Waals surface area contributed by atoms with Crippen molar-refractivity contribution in [3.05, 3.63) is 0 Å². The van der Waals surface area contributed by atoms with Crippen LogP contribution in [0.1, 0.15) is 61.3 Å². The predicted molar refractivity (Wildman–Crippen MR) is 93.2 cm³/mol. The summed E-state index contributed by atoms with van der Waals surface area (Å²) < 4.78 is 5.20. The van der Waals surface area contributed by atoms with Gasteiger partial charge in [-0.05, 0) is 39.0 Å². The van der Waals surface area contributed by atoms with Crippen molar-refractivity contribution in [1.29, 1.82) is 0 Å².